The van der Waals surface area contributed by atoms with Crippen molar-refractivity contribution in [1.29, 1.82) is 0 Å². The molecule has 1 N–H and O–H groups in total. The van der Waals surface area contributed by atoms with Crippen LogP contribution in [0.2, 0.25) is 0 Å². The van der Waals surface area contributed by atoms with E-state index in [0.29, 0.717) is 11.1 Å². The fraction of sp³-hybridized carbons (Fsp3) is 0.167. The van der Waals surface area contributed by atoms with E-state index in [0.717, 1.165) is 18.2 Å². The third-order valence-corrected chi connectivity index (χ3v) is 3.94. The van der Waals surface area contributed by atoms with Crippen LogP contribution in [-0.4, -0.2) is 23.4 Å². The number of ether oxygens (including phenoxy) is 1. The van der Waals surface area contributed by atoms with Gasteiger partial charge in [-0.1, -0.05) is 18.2 Å². The molecule has 9 heteroatoms. The molecule has 0 spiro atoms. The minimum absolute atomic E-state index is 0.0882. The monoisotopic (exact) mass is 388 g/mol. The van der Waals surface area contributed by atoms with Crippen LogP contribution >= 0.6 is 0 Å². The number of alkyl halides is 6. The smallest absolute Gasteiger partial charge is 0.430 e. The number of fused-ring (bicyclic) bond motifs is 1. The Hall–Kier alpha value is -2.97. The quantitative estimate of drug-likeness (QED) is 0.723. The Labute approximate surface area is 148 Å². The van der Waals surface area contributed by atoms with E-state index in [1.165, 1.54) is 30.3 Å². The van der Waals surface area contributed by atoms with Crippen LogP contribution in [0.15, 0.2) is 48.0 Å². The van der Waals surface area contributed by atoms with Gasteiger partial charge < -0.3 is 9.84 Å². The van der Waals surface area contributed by atoms with Gasteiger partial charge in [-0.2, -0.15) is 26.3 Å². The highest BCUT2D eigenvalue weighted by Gasteiger charge is 2.48. The van der Waals surface area contributed by atoms with Crippen molar-refractivity contribution in [2.45, 2.75) is 18.5 Å². The lowest BCUT2D eigenvalue weighted by Crippen LogP contribution is -2.40. The standard InChI is InChI=1S/C18H10F6O3/c19-17(20,21)12-4-1-9(2-5-12)10-3-6-14-11(7-10)8-13(16(25)26)15(27-14)18(22,23)24/h1-8,15H,(H,25,26). The summed E-state index contributed by atoms with van der Waals surface area (Å²) >= 11 is 0. The predicted octanol–water partition coefficient (Wildman–Crippen LogP) is 5.16. The number of carboxylic acid groups (broad SMARTS) is 1. The summed E-state index contributed by atoms with van der Waals surface area (Å²) in [4.78, 5) is 11.2. The molecule has 0 radical (unpaired) electrons. The molecule has 2 aromatic rings. The molecule has 0 bridgehead atoms. The maximum atomic E-state index is 13.0. The predicted molar refractivity (Wildman–Crippen MR) is 83.0 cm³/mol. The lowest BCUT2D eigenvalue weighted by atomic mass is 9.96. The molecule has 0 aromatic heterocycles. The fourth-order valence-corrected chi connectivity index (χ4v) is 2.65. The van der Waals surface area contributed by atoms with Gasteiger partial charge in [-0.25, -0.2) is 4.79 Å². The number of hydrogen-bond acceptors (Lipinski definition) is 2. The molecule has 0 aliphatic carbocycles. The first-order chi connectivity index (χ1) is 12.5. The minimum atomic E-state index is -4.91. The molecule has 1 aliphatic rings. The van der Waals surface area contributed by atoms with Gasteiger partial charge in [0.15, 0.2) is 0 Å². The zero-order chi connectivity index (χ0) is 20.0. The summed E-state index contributed by atoms with van der Waals surface area (Å²) in [6, 6.07) is 8.15. The first kappa shape index (κ1) is 18.8. The summed E-state index contributed by atoms with van der Waals surface area (Å²) in [7, 11) is 0. The molecule has 1 atom stereocenters. The fourth-order valence-electron chi connectivity index (χ4n) is 2.65. The maximum Gasteiger partial charge on any atom is 0.430 e. The van der Waals surface area contributed by atoms with Crippen LogP contribution < -0.4 is 4.74 Å². The van der Waals surface area contributed by atoms with Gasteiger partial charge >= 0.3 is 18.3 Å². The minimum Gasteiger partial charge on any atom is -0.478 e. The van der Waals surface area contributed by atoms with E-state index in [1.54, 1.807) is 0 Å². The van der Waals surface area contributed by atoms with Crippen molar-refractivity contribution in [1.82, 2.24) is 0 Å². The Balaban J connectivity index is 2.00. The number of benzene rings is 2. The number of hydrogen-bond donors (Lipinski definition) is 1. The summed E-state index contributed by atoms with van der Waals surface area (Å²) in [6.07, 6.45) is -11.1. The van der Waals surface area contributed by atoms with Crippen LogP contribution in [-0.2, 0) is 11.0 Å². The summed E-state index contributed by atoms with van der Waals surface area (Å²) in [6.45, 7) is 0. The molecule has 1 heterocycles. The van der Waals surface area contributed by atoms with Gasteiger partial charge in [0, 0.05) is 5.56 Å². The normalized spacial score (nSPS) is 17.0. The van der Waals surface area contributed by atoms with Gasteiger partial charge in [0.05, 0.1) is 11.1 Å². The van der Waals surface area contributed by atoms with Crippen molar-refractivity contribution in [3.8, 4) is 16.9 Å². The van der Waals surface area contributed by atoms with E-state index in [9.17, 15) is 31.1 Å². The van der Waals surface area contributed by atoms with Crippen molar-refractivity contribution in [2.75, 3.05) is 0 Å². The zero-order valence-corrected chi connectivity index (χ0v) is 13.2. The third kappa shape index (κ3) is 3.76. The molecule has 0 amide bonds. The van der Waals surface area contributed by atoms with E-state index >= 15 is 0 Å². The Morgan fingerprint density at radius 3 is 2.04 bits per heavy atom. The first-order valence-electron chi connectivity index (χ1n) is 7.47. The average Bonchev–Trinajstić information content (AvgIpc) is 2.58. The molecular formula is C18H10F6O3. The molecule has 27 heavy (non-hydrogen) atoms. The highest BCUT2D eigenvalue weighted by atomic mass is 19.4. The Kier molecular flexibility index (Phi) is 4.41. The van der Waals surface area contributed by atoms with Gasteiger partial charge in [0.2, 0.25) is 6.10 Å². The molecule has 3 rings (SSSR count). The van der Waals surface area contributed by atoms with Crippen LogP contribution in [0.3, 0.4) is 0 Å². The number of carbonyl (C=O) groups is 1. The second-order valence-corrected chi connectivity index (χ2v) is 5.77. The maximum absolute atomic E-state index is 13.0. The lowest BCUT2D eigenvalue weighted by molar-refractivity contribution is -0.187. The van der Waals surface area contributed by atoms with Gasteiger partial charge in [0.25, 0.3) is 0 Å². The summed E-state index contributed by atoms with van der Waals surface area (Å²) in [5.41, 5.74) is -0.940. The van der Waals surface area contributed by atoms with Crippen molar-refractivity contribution >= 4 is 12.0 Å². The number of rotatable bonds is 2. The third-order valence-electron chi connectivity index (χ3n) is 3.94. The van der Waals surface area contributed by atoms with Crippen molar-refractivity contribution in [3.63, 3.8) is 0 Å². The van der Waals surface area contributed by atoms with E-state index in [-0.39, 0.29) is 11.3 Å². The molecule has 1 aliphatic heterocycles. The molecule has 0 saturated heterocycles. The summed E-state index contributed by atoms with van der Waals surface area (Å²) < 4.78 is 81.7. The Morgan fingerprint density at radius 1 is 0.926 bits per heavy atom. The second-order valence-electron chi connectivity index (χ2n) is 5.77. The zero-order valence-electron chi connectivity index (χ0n) is 13.2. The first-order valence-corrected chi connectivity index (χ1v) is 7.47. The van der Waals surface area contributed by atoms with Crippen molar-refractivity contribution < 1.29 is 41.0 Å². The molecule has 142 valence electrons. The Morgan fingerprint density at radius 2 is 1.52 bits per heavy atom. The molecule has 0 fully saturated rings. The van der Waals surface area contributed by atoms with Crippen LogP contribution in [0, 0.1) is 0 Å². The average molecular weight is 388 g/mol. The molecule has 1 unspecified atom stereocenters. The van der Waals surface area contributed by atoms with Crippen LogP contribution in [0.25, 0.3) is 17.2 Å². The van der Waals surface area contributed by atoms with Crippen LogP contribution in [0.5, 0.6) is 5.75 Å². The largest absolute Gasteiger partial charge is 0.478 e. The van der Waals surface area contributed by atoms with Crippen LogP contribution in [0.1, 0.15) is 11.1 Å². The molecule has 0 saturated carbocycles. The lowest BCUT2D eigenvalue weighted by Gasteiger charge is -2.27. The van der Waals surface area contributed by atoms with E-state index < -0.39 is 35.6 Å². The van der Waals surface area contributed by atoms with E-state index in [4.69, 9.17) is 9.84 Å². The van der Waals surface area contributed by atoms with E-state index in [2.05, 4.69) is 0 Å². The van der Waals surface area contributed by atoms with Gasteiger partial charge in [-0.05, 0) is 41.5 Å². The SMILES string of the molecule is O=C(O)C1=Cc2cc(-c3ccc(C(F)(F)F)cc3)ccc2OC1C(F)(F)F. The second kappa shape index (κ2) is 6.33. The number of aliphatic carboxylic acids is 1. The van der Waals surface area contributed by atoms with Crippen molar-refractivity contribution in [2.24, 2.45) is 0 Å². The molecular weight excluding hydrogens is 378 g/mol. The summed E-state index contributed by atoms with van der Waals surface area (Å²) in [5, 5.41) is 9.04. The van der Waals surface area contributed by atoms with Crippen LogP contribution in [0.4, 0.5) is 26.3 Å². The van der Waals surface area contributed by atoms with Gasteiger partial charge in [-0.3, -0.25) is 0 Å². The molecule has 3 nitrogen and oxygen atoms in total. The van der Waals surface area contributed by atoms with Gasteiger partial charge in [-0.15, -0.1) is 0 Å². The highest BCUT2D eigenvalue weighted by molar-refractivity contribution is 5.95. The summed E-state index contributed by atoms with van der Waals surface area (Å²) in [5.74, 6) is -1.94. The molecule has 2 aromatic carbocycles. The Bertz CT molecular complexity index is 910. The topological polar surface area (TPSA) is 46.5 Å². The number of halogens is 6. The van der Waals surface area contributed by atoms with Gasteiger partial charge in [0.1, 0.15) is 5.75 Å². The van der Waals surface area contributed by atoms with E-state index in [1.807, 2.05) is 0 Å². The highest BCUT2D eigenvalue weighted by Crippen LogP contribution is 2.39. The van der Waals surface area contributed by atoms with Crippen molar-refractivity contribution in [3.05, 3.63) is 59.2 Å². The number of carboxylic acids is 1.